The molecule has 0 radical (unpaired) electrons. The number of pyridine rings is 1. The number of nitrogens with zero attached hydrogens (tertiary/aromatic N) is 5. The summed E-state index contributed by atoms with van der Waals surface area (Å²) in [5.41, 5.74) is 5.93. The van der Waals surface area contributed by atoms with Crippen molar-refractivity contribution in [2.45, 2.75) is 70.6 Å². The second kappa shape index (κ2) is 13.9. The highest BCUT2D eigenvalue weighted by Gasteiger charge is 2.42. The fourth-order valence-corrected chi connectivity index (χ4v) is 4.24. The zero-order valence-electron chi connectivity index (χ0n) is 22.5. The molecule has 1 aliphatic rings. The molecule has 2 unspecified atom stereocenters. The summed E-state index contributed by atoms with van der Waals surface area (Å²) < 4.78 is 0. The van der Waals surface area contributed by atoms with E-state index in [4.69, 9.17) is 10.8 Å². The molecule has 220 valence electrons. The van der Waals surface area contributed by atoms with E-state index in [0.717, 1.165) is 0 Å². The summed E-state index contributed by atoms with van der Waals surface area (Å²) in [5.74, 6) is -4.51. The Balaban J connectivity index is 1.83. The Hall–Kier alpha value is -4.96. The van der Waals surface area contributed by atoms with Gasteiger partial charge >= 0.3 is 5.97 Å². The van der Waals surface area contributed by atoms with Crippen LogP contribution in [0.1, 0.15) is 50.9 Å². The molecule has 3 atom stereocenters. The smallest absolute Gasteiger partial charge is 0.303 e. The minimum atomic E-state index is -1.31. The number of carboxylic acid groups (broad SMARTS) is 1. The molecule has 7 N–H and O–H groups in total. The number of nitrogens with two attached hydrogens (primary N) is 1. The molecule has 0 bridgehead atoms. The highest BCUT2D eigenvalue weighted by Crippen LogP contribution is 2.31. The monoisotopic (exact) mass is 572 g/mol. The summed E-state index contributed by atoms with van der Waals surface area (Å²) in [6.07, 6.45) is 0.385. The van der Waals surface area contributed by atoms with Crippen molar-refractivity contribution in [3.63, 3.8) is 0 Å². The molecule has 0 saturated heterocycles. The lowest BCUT2D eigenvalue weighted by Gasteiger charge is -2.30. The van der Waals surface area contributed by atoms with Crippen molar-refractivity contribution < 1.29 is 33.9 Å². The molecule has 3 rings (SSSR count). The summed E-state index contributed by atoms with van der Waals surface area (Å²) in [6, 6.07) is -0.0870. The molecule has 3 heterocycles. The van der Waals surface area contributed by atoms with Crippen molar-refractivity contribution in [1.29, 1.82) is 0 Å². The Kier molecular flexibility index (Phi) is 10.4. The van der Waals surface area contributed by atoms with Crippen molar-refractivity contribution in [3.8, 4) is 0 Å². The second-order valence-electron chi connectivity index (χ2n) is 9.71. The summed E-state index contributed by atoms with van der Waals surface area (Å²) in [4.78, 5) is 80.5. The van der Waals surface area contributed by atoms with Gasteiger partial charge in [0, 0.05) is 25.5 Å². The van der Waals surface area contributed by atoms with Gasteiger partial charge in [-0.2, -0.15) is 5.21 Å². The number of anilines is 1. The number of fused-ring (bicyclic) bond motifs is 1. The van der Waals surface area contributed by atoms with Crippen molar-refractivity contribution in [1.82, 2.24) is 41.6 Å². The van der Waals surface area contributed by atoms with Crippen molar-refractivity contribution in [2.75, 3.05) is 4.90 Å². The van der Waals surface area contributed by atoms with Gasteiger partial charge in [-0.15, -0.1) is 10.2 Å². The van der Waals surface area contributed by atoms with Gasteiger partial charge in [0.2, 0.25) is 23.6 Å². The van der Waals surface area contributed by atoms with Crippen LogP contribution in [0.15, 0.2) is 18.3 Å². The molecular formula is C24H32N10O7. The van der Waals surface area contributed by atoms with Gasteiger partial charge in [-0.3, -0.25) is 33.7 Å². The number of rotatable bonds is 14. The van der Waals surface area contributed by atoms with E-state index in [0.29, 0.717) is 5.56 Å². The third-order valence-corrected chi connectivity index (χ3v) is 6.30. The zero-order valence-corrected chi connectivity index (χ0v) is 22.5. The number of aromatic amines is 1. The Morgan fingerprint density at radius 2 is 1.90 bits per heavy atom. The molecule has 2 aromatic heterocycles. The van der Waals surface area contributed by atoms with Gasteiger partial charge in [-0.25, -0.2) is 4.98 Å². The summed E-state index contributed by atoms with van der Waals surface area (Å²) in [6.45, 7) is 3.26. The number of hydrogen-bond acceptors (Lipinski definition) is 10. The van der Waals surface area contributed by atoms with E-state index < -0.39 is 66.0 Å². The minimum Gasteiger partial charge on any atom is -0.481 e. The standard InChI is InChI=1S/C24H32N10O7/c1-12(2)20(29-18(36)7-8-19(37)38)23(40)28-14(5-6-16(25)35)24(41)34-15(10-13-4-3-9-26-21(13)34)22(39)27-11-17-30-32-33-31-17/h3-4,9,12,14-15,20H,5-8,10-11H2,1-2H3,(H2,25,35)(H,27,39)(H,28,40)(H,29,36)(H,37,38)(H,30,31,32,33)/t14?,15-,20?/m0/s1. The van der Waals surface area contributed by atoms with Gasteiger partial charge in [0.1, 0.15) is 23.9 Å². The lowest BCUT2D eigenvalue weighted by Crippen LogP contribution is -2.58. The van der Waals surface area contributed by atoms with E-state index in [1.807, 2.05) is 0 Å². The molecule has 0 fully saturated rings. The van der Waals surface area contributed by atoms with E-state index in [2.05, 4.69) is 41.6 Å². The normalized spacial score (nSPS) is 15.5. The summed E-state index contributed by atoms with van der Waals surface area (Å²) in [5, 5.41) is 29.8. The van der Waals surface area contributed by atoms with E-state index in [9.17, 15) is 28.8 Å². The minimum absolute atomic E-state index is 0.0584. The largest absolute Gasteiger partial charge is 0.481 e. The van der Waals surface area contributed by atoms with Crippen LogP contribution in [0, 0.1) is 5.92 Å². The maximum Gasteiger partial charge on any atom is 0.303 e. The van der Waals surface area contributed by atoms with E-state index >= 15 is 0 Å². The number of aromatic nitrogens is 5. The molecule has 0 spiro atoms. The van der Waals surface area contributed by atoms with Crippen LogP contribution in [0.2, 0.25) is 0 Å². The van der Waals surface area contributed by atoms with Gasteiger partial charge in [-0.05, 0) is 24.0 Å². The van der Waals surface area contributed by atoms with Crippen LogP contribution in [-0.2, 0) is 41.7 Å². The summed E-state index contributed by atoms with van der Waals surface area (Å²) in [7, 11) is 0. The number of hydrogen-bond donors (Lipinski definition) is 6. The number of carbonyl (C=O) groups excluding carboxylic acids is 5. The first-order valence-corrected chi connectivity index (χ1v) is 12.8. The molecule has 17 nitrogen and oxygen atoms in total. The number of H-pyrrole nitrogens is 1. The molecule has 1 aliphatic heterocycles. The number of carbonyl (C=O) groups is 6. The molecule has 5 amide bonds. The molecule has 2 aromatic rings. The Labute approximate surface area is 234 Å². The van der Waals surface area contributed by atoms with Gasteiger partial charge in [-0.1, -0.05) is 25.1 Å². The van der Waals surface area contributed by atoms with Crippen LogP contribution < -0.4 is 26.6 Å². The molecule has 0 aliphatic carbocycles. The second-order valence-corrected chi connectivity index (χ2v) is 9.71. The third-order valence-electron chi connectivity index (χ3n) is 6.30. The van der Waals surface area contributed by atoms with Crippen LogP contribution in [0.4, 0.5) is 5.82 Å². The highest BCUT2D eigenvalue weighted by molar-refractivity contribution is 6.06. The number of primary amides is 1. The predicted octanol–water partition coefficient (Wildman–Crippen LogP) is -2.08. The van der Waals surface area contributed by atoms with Crippen LogP contribution in [0.3, 0.4) is 0 Å². The average Bonchev–Trinajstić information content (AvgIpc) is 3.58. The number of nitrogens with one attached hydrogen (secondary N) is 4. The first-order chi connectivity index (χ1) is 19.5. The van der Waals surface area contributed by atoms with Gasteiger partial charge < -0.3 is 26.8 Å². The highest BCUT2D eigenvalue weighted by atomic mass is 16.4. The first kappa shape index (κ1) is 30.6. The maximum absolute atomic E-state index is 13.9. The molecule has 0 saturated carbocycles. The lowest BCUT2D eigenvalue weighted by molar-refractivity contribution is -0.139. The average molecular weight is 573 g/mol. The molecule has 41 heavy (non-hydrogen) atoms. The maximum atomic E-state index is 13.9. The SMILES string of the molecule is CC(C)C(NC(=O)CCC(=O)O)C(=O)NC(CCC(N)=O)C(=O)N1c2ncccc2C[C@H]1C(=O)NCc1nn[nH]n1. The van der Waals surface area contributed by atoms with Gasteiger partial charge in [0.05, 0.1) is 13.0 Å². The van der Waals surface area contributed by atoms with Crippen LogP contribution in [0.5, 0.6) is 0 Å². The molecule has 17 heteroatoms. The zero-order chi connectivity index (χ0) is 30.1. The number of tetrazole rings is 1. The van der Waals surface area contributed by atoms with Crippen molar-refractivity contribution in [3.05, 3.63) is 29.7 Å². The van der Waals surface area contributed by atoms with Crippen molar-refractivity contribution in [2.24, 2.45) is 11.7 Å². The number of carboxylic acids is 1. The van der Waals surface area contributed by atoms with Crippen molar-refractivity contribution >= 4 is 41.3 Å². The fourth-order valence-electron chi connectivity index (χ4n) is 4.24. The molecular weight excluding hydrogens is 540 g/mol. The van der Waals surface area contributed by atoms with E-state index in [1.165, 1.54) is 11.1 Å². The van der Waals surface area contributed by atoms with Crippen LogP contribution in [0.25, 0.3) is 0 Å². The Morgan fingerprint density at radius 1 is 1.15 bits per heavy atom. The number of aliphatic carboxylic acids is 1. The van der Waals surface area contributed by atoms with E-state index in [-0.39, 0.29) is 43.9 Å². The quantitative estimate of drug-likeness (QED) is 0.143. The topological polar surface area (TPSA) is 255 Å². The van der Waals surface area contributed by atoms with Crippen LogP contribution >= 0.6 is 0 Å². The Bertz CT molecular complexity index is 1280. The first-order valence-electron chi connectivity index (χ1n) is 12.8. The van der Waals surface area contributed by atoms with Gasteiger partial charge in [0.25, 0.3) is 5.91 Å². The van der Waals surface area contributed by atoms with E-state index in [1.54, 1.807) is 26.0 Å². The summed E-state index contributed by atoms with van der Waals surface area (Å²) >= 11 is 0. The third kappa shape index (κ3) is 8.26. The number of amides is 5. The Morgan fingerprint density at radius 3 is 2.54 bits per heavy atom. The van der Waals surface area contributed by atoms with Crippen LogP contribution in [-0.4, -0.2) is 84.3 Å². The molecule has 0 aromatic carbocycles. The predicted molar refractivity (Wildman–Crippen MR) is 139 cm³/mol. The fraction of sp³-hybridized carbons (Fsp3) is 0.500. The van der Waals surface area contributed by atoms with Gasteiger partial charge in [0.15, 0.2) is 5.82 Å². The lowest BCUT2D eigenvalue weighted by atomic mass is 10.0.